The lowest BCUT2D eigenvalue weighted by Crippen LogP contribution is -2.03. The third-order valence-corrected chi connectivity index (χ3v) is 2.57. The van der Waals surface area contributed by atoms with E-state index >= 15 is 0 Å². The van der Waals surface area contributed by atoms with Gasteiger partial charge in [-0.3, -0.25) is 0 Å². The van der Waals surface area contributed by atoms with Gasteiger partial charge < -0.3 is 9.84 Å². The first-order valence-corrected chi connectivity index (χ1v) is 5.59. The van der Waals surface area contributed by atoms with Gasteiger partial charge in [-0.25, -0.2) is 4.98 Å². The summed E-state index contributed by atoms with van der Waals surface area (Å²) in [5, 5.41) is 6.91. The molecule has 0 fully saturated rings. The monoisotopic (exact) mass is 282 g/mol. The van der Waals surface area contributed by atoms with Crippen LogP contribution in [-0.2, 0) is 6.54 Å². The largest absolute Gasteiger partial charge is 0.362 e. The average molecular weight is 283 g/mol. The van der Waals surface area contributed by atoms with E-state index in [1.54, 1.807) is 13.1 Å². The number of halogens is 1. The number of aromatic nitrogens is 3. The number of hydrogen-bond donors (Lipinski definition) is 1. The molecule has 0 aliphatic rings. The summed E-state index contributed by atoms with van der Waals surface area (Å²) in [4.78, 5) is 8.35. The summed E-state index contributed by atoms with van der Waals surface area (Å²) < 4.78 is 5.79. The van der Waals surface area contributed by atoms with E-state index in [1.807, 2.05) is 13.0 Å². The molecule has 0 spiro atoms. The van der Waals surface area contributed by atoms with E-state index in [2.05, 4.69) is 36.4 Å². The van der Waals surface area contributed by atoms with Gasteiger partial charge in [-0.2, -0.15) is 4.98 Å². The Morgan fingerprint density at radius 2 is 2.25 bits per heavy atom. The maximum Gasteiger partial charge on any atom is 0.223 e. The molecule has 6 heteroatoms. The molecule has 2 aromatic rings. The number of rotatable bonds is 3. The van der Waals surface area contributed by atoms with Gasteiger partial charge in [-0.1, -0.05) is 5.16 Å². The van der Waals surface area contributed by atoms with Gasteiger partial charge in [0, 0.05) is 13.1 Å². The topological polar surface area (TPSA) is 63.8 Å². The summed E-state index contributed by atoms with van der Waals surface area (Å²) in [6.07, 6.45) is 1.80. The molecule has 2 heterocycles. The lowest BCUT2D eigenvalue weighted by atomic mass is 10.3. The second-order valence-electron chi connectivity index (χ2n) is 3.43. The first-order valence-electron chi connectivity index (χ1n) is 4.80. The van der Waals surface area contributed by atoms with Crippen molar-refractivity contribution in [3.05, 3.63) is 34.0 Å². The van der Waals surface area contributed by atoms with Crippen LogP contribution in [0.25, 0.3) is 0 Å². The van der Waals surface area contributed by atoms with Gasteiger partial charge in [0.25, 0.3) is 0 Å². The lowest BCUT2D eigenvalue weighted by molar-refractivity contribution is 0.388. The Hall–Kier alpha value is -1.43. The first kappa shape index (κ1) is 11.1. The number of aryl methyl sites for hydroxylation is 2. The zero-order chi connectivity index (χ0) is 11.5. The molecule has 0 atom stereocenters. The van der Waals surface area contributed by atoms with E-state index in [9.17, 15) is 0 Å². The fraction of sp³-hybridized carbons (Fsp3) is 0.300. The highest BCUT2D eigenvalue weighted by Crippen LogP contribution is 2.20. The van der Waals surface area contributed by atoms with Gasteiger partial charge in [0.2, 0.25) is 5.89 Å². The molecule has 1 N–H and O–H groups in total. The van der Waals surface area contributed by atoms with Crippen LogP contribution in [-0.4, -0.2) is 15.1 Å². The smallest absolute Gasteiger partial charge is 0.223 e. The minimum absolute atomic E-state index is 0.492. The Morgan fingerprint density at radius 1 is 1.44 bits per heavy atom. The van der Waals surface area contributed by atoms with Crippen LogP contribution in [0.5, 0.6) is 0 Å². The Bertz CT molecular complexity index is 497. The summed E-state index contributed by atoms with van der Waals surface area (Å²) in [6, 6.07) is 2.00. The quantitative estimate of drug-likeness (QED) is 0.937. The van der Waals surface area contributed by atoms with E-state index < -0.39 is 0 Å². The number of nitrogens with one attached hydrogen (secondary N) is 1. The third kappa shape index (κ3) is 2.57. The molecule has 0 amide bonds. The Balaban J connectivity index is 2.04. The molecule has 0 aromatic carbocycles. The highest BCUT2D eigenvalue weighted by molar-refractivity contribution is 9.10. The fourth-order valence-electron chi connectivity index (χ4n) is 1.24. The molecule has 16 heavy (non-hydrogen) atoms. The zero-order valence-corrected chi connectivity index (χ0v) is 10.6. The number of hydrogen-bond acceptors (Lipinski definition) is 5. The van der Waals surface area contributed by atoms with Crippen LogP contribution < -0.4 is 5.32 Å². The predicted molar refractivity (Wildman–Crippen MR) is 63.0 cm³/mol. The Morgan fingerprint density at radius 3 is 2.88 bits per heavy atom. The third-order valence-electron chi connectivity index (χ3n) is 1.96. The van der Waals surface area contributed by atoms with Crippen molar-refractivity contribution in [3.8, 4) is 0 Å². The standard InChI is InChI=1S/C10H11BrN4O/c1-6-3-8(11)10(12-4-6)13-5-9-14-7(2)16-15-9/h3-4H,5H2,1-2H3,(H,12,13). The number of nitrogens with zero attached hydrogens (tertiary/aromatic N) is 3. The molecule has 0 bridgehead atoms. The van der Waals surface area contributed by atoms with Crippen molar-refractivity contribution < 1.29 is 4.52 Å². The van der Waals surface area contributed by atoms with Crippen LogP contribution in [0, 0.1) is 13.8 Å². The normalized spacial score (nSPS) is 10.4. The van der Waals surface area contributed by atoms with Crippen molar-refractivity contribution in [2.24, 2.45) is 0 Å². The molecule has 0 radical (unpaired) electrons. The van der Waals surface area contributed by atoms with E-state index in [4.69, 9.17) is 4.52 Å². The van der Waals surface area contributed by atoms with Crippen LogP contribution in [0.3, 0.4) is 0 Å². The SMILES string of the molecule is Cc1cnc(NCc2noc(C)n2)c(Br)c1. The molecule has 0 aliphatic heterocycles. The predicted octanol–water partition coefficient (Wildman–Crippen LogP) is 2.46. The van der Waals surface area contributed by atoms with Crippen molar-refractivity contribution in [2.45, 2.75) is 20.4 Å². The summed E-state index contributed by atoms with van der Waals surface area (Å²) in [6.45, 7) is 4.24. The molecule has 2 rings (SSSR count). The molecule has 5 nitrogen and oxygen atoms in total. The van der Waals surface area contributed by atoms with Crippen molar-refractivity contribution >= 4 is 21.7 Å². The molecule has 84 valence electrons. The summed E-state index contributed by atoms with van der Waals surface area (Å²) in [5.74, 6) is 1.95. The fourth-order valence-corrected chi connectivity index (χ4v) is 1.84. The van der Waals surface area contributed by atoms with E-state index in [0.29, 0.717) is 18.3 Å². The Labute approximate surface area is 101 Å². The second-order valence-corrected chi connectivity index (χ2v) is 4.28. The average Bonchev–Trinajstić information content (AvgIpc) is 2.63. The van der Waals surface area contributed by atoms with Crippen molar-refractivity contribution in [1.82, 2.24) is 15.1 Å². The van der Waals surface area contributed by atoms with Crippen LogP contribution in [0.4, 0.5) is 5.82 Å². The van der Waals surface area contributed by atoms with Gasteiger partial charge in [0.05, 0.1) is 11.0 Å². The van der Waals surface area contributed by atoms with Gasteiger partial charge in [-0.05, 0) is 34.5 Å². The zero-order valence-electron chi connectivity index (χ0n) is 8.99. The minimum atomic E-state index is 0.492. The van der Waals surface area contributed by atoms with Crippen LogP contribution in [0.1, 0.15) is 17.3 Å². The molecule has 0 saturated heterocycles. The van der Waals surface area contributed by atoms with Crippen LogP contribution >= 0.6 is 15.9 Å². The van der Waals surface area contributed by atoms with E-state index in [-0.39, 0.29) is 0 Å². The van der Waals surface area contributed by atoms with E-state index in [0.717, 1.165) is 15.9 Å². The van der Waals surface area contributed by atoms with Gasteiger partial charge in [0.15, 0.2) is 5.82 Å². The highest BCUT2D eigenvalue weighted by atomic mass is 79.9. The summed E-state index contributed by atoms with van der Waals surface area (Å²) >= 11 is 3.44. The first-order chi connectivity index (χ1) is 7.65. The molecule has 0 aliphatic carbocycles. The van der Waals surface area contributed by atoms with Gasteiger partial charge in [0.1, 0.15) is 5.82 Å². The minimum Gasteiger partial charge on any atom is -0.362 e. The maximum atomic E-state index is 4.87. The highest BCUT2D eigenvalue weighted by Gasteiger charge is 2.04. The Kier molecular flexibility index (Phi) is 3.19. The summed E-state index contributed by atoms with van der Waals surface area (Å²) in [7, 11) is 0. The van der Waals surface area contributed by atoms with Crippen LogP contribution in [0.15, 0.2) is 21.3 Å². The summed E-state index contributed by atoms with van der Waals surface area (Å²) in [5.41, 5.74) is 1.10. The molecule has 0 unspecified atom stereocenters. The van der Waals surface area contributed by atoms with Crippen LogP contribution in [0.2, 0.25) is 0 Å². The lowest BCUT2D eigenvalue weighted by Gasteiger charge is -2.05. The van der Waals surface area contributed by atoms with Crippen molar-refractivity contribution in [1.29, 1.82) is 0 Å². The molecular formula is C10H11BrN4O. The molecular weight excluding hydrogens is 272 g/mol. The second kappa shape index (κ2) is 4.61. The van der Waals surface area contributed by atoms with Gasteiger partial charge >= 0.3 is 0 Å². The maximum absolute atomic E-state index is 4.87. The van der Waals surface area contributed by atoms with Crippen molar-refractivity contribution in [2.75, 3.05) is 5.32 Å². The molecule has 2 aromatic heterocycles. The van der Waals surface area contributed by atoms with Crippen molar-refractivity contribution in [3.63, 3.8) is 0 Å². The number of anilines is 1. The van der Waals surface area contributed by atoms with E-state index in [1.165, 1.54) is 0 Å². The van der Waals surface area contributed by atoms with Gasteiger partial charge in [-0.15, -0.1) is 0 Å². The molecule has 0 saturated carbocycles. The number of pyridine rings is 1.